The van der Waals surface area contributed by atoms with Crippen LogP contribution in [0.4, 0.5) is 0 Å². The molecule has 2 N–H and O–H groups in total. The van der Waals surface area contributed by atoms with Crippen LogP contribution < -0.4 is 10.6 Å². The molecular weight excluding hydrogens is 252 g/mol. The Morgan fingerprint density at radius 1 is 1.25 bits per heavy atom. The summed E-state index contributed by atoms with van der Waals surface area (Å²) < 4.78 is 5.34. The summed E-state index contributed by atoms with van der Waals surface area (Å²) in [5, 5.41) is 6.42. The molecule has 4 nitrogen and oxygen atoms in total. The fraction of sp³-hybridized carbons (Fsp3) is 0.562. The van der Waals surface area contributed by atoms with E-state index in [0.717, 1.165) is 45.6 Å². The monoisotopic (exact) mass is 274 g/mol. The van der Waals surface area contributed by atoms with Crippen molar-refractivity contribution in [2.24, 2.45) is 5.92 Å². The Kier molecular flexibility index (Phi) is 4.33. The van der Waals surface area contributed by atoms with Crippen molar-refractivity contribution in [2.75, 3.05) is 19.8 Å². The maximum atomic E-state index is 12.2. The zero-order valence-electron chi connectivity index (χ0n) is 11.7. The lowest BCUT2D eigenvalue weighted by Crippen LogP contribution is -2.48. The Morgan fingerprint density at radius 2 is 2.00 bits per heavy atom. The van der Waals surface area contributed by atoms with Crippen LogP contribution in [0.25, 0.3) is 0 Å². The first-order valence-electron chi connectivity index (χ1n) is 7.48. The highest BCUT2D eigenvalue weighted by Crippen LogP contribution is 2.17. The molecule has 2 aliphatic rings. The highest BCUT2D eigenvalue weighted by molar-refractivity contribution is 5.82. The first-order valence-corrected chi connectivity index (χ1v) is 7.48. The van der Waals surface area contributed by atoms with Gasteiger partial charge in [0.25, 0.3) is 0 Å². The quantitative estimate of drug-likeness (QED) is 0.872. The predicted molar refractivity (Wildman–Crippen MR) is 77.3 cm³/mol. The Hall–Kier alpha value is -1.39. The van der Waals surface area contributed by atoms with Crippen LogP contribution in [-0.2, 0) is 22.5 Å². The Labute approximate surface area is 119 Å². The summed E-state index contributed by atoms with van der Waals surface area (Å²) in [5.74, 6) is 0.703. The molecule has 3 rings (SSSR count). The van der Waals surface area contributed by atoms with Gasteiger partial charge in [-0.3, -0.25) is 4.79 Å². The second-order valence-electron chi connectivity index (χ2n) is 5.71. The molecule has 4 heteroatoms. The summed E-state index contributed by atoms with van der Waals surface area (Å²) in [4.78, 5) is 12.2. The molecule has 0 saturated carbocycles. The summed E-state index contributed by atoms with van der Waals surface area (Å²) in [7, 11) is 0. The van der Waals surface area contributed by atoms with Gasteiger partial charge in [-0.25, -0.2) is 0 Å². The molecular formula is C16H22N2O2. The zero-order valence-corrected chi connectivity index (χ0v) is 11.7. The second-order valence-corrected chi connectivity index (χ2v) is 5.71. The fourth-order valence-electron chi connectivity index (χ4n) is 2.96. The number of fused-ring (bicyclic) bond motifs is 1. The van der Waals surface area contributed by atoms with Crippen molar-refractivity contribution in [1.29, 1.82) is 0 Å². The van der Waals surface area contributed by atoms with Gasteiger partial charge < -0.3 is 15.4 Å². The Bertz CT molecular complexity index is 469. The maximum absolute atomic E-state index is 12.2. The van der Waals surface area contributed by atoms with E-state index in [-0.39, 0.29) is 11.9 Å². The van der Waals surface area contributed by atoms with Gasteiger partial charge in [-0.05, 0) is 36.3 Å². The van der Waals surface area contributed by atoms with Crippen LogP contribution in [0.2, 0.25) is 0 Å². The van der Waals surface area contributed by atoms with Crippen molar-refractivity contribution in [3.05, 3.63) is 35.4 Å². The minimum atomic E-state index is -0.0928. The lowest BCUT2D eigenvalue weighted by Gasteiger charge is -2.27. The first-order chi connectivity index (χ1) is 9.83. The summed E-state index contributed by atoms with van der Waals surface area (Å²) in [6.45, 7) is 3.22. The van der Waals surface area contributed by atoms with Crippen LogP contribution in [0, 0.1) is 5.92 Å². The van der Waals surface area contributed by atoms with Gasteiger partial charge in [-0.15, -0.1) is 0 Å². The van der Waals surface area contributed by atoms with E-state index in [2.05, 4.69) is 22.8 Å². The van der Waals surface area contributed by atoms with E-state index in [1.165, 1.54) is 11.1 Å². The molecule has 1 aromatic rings. The number of amides is 1. The lowest BCUT2D eigenvalue weighted by molar-refractivity contribution is -0.123. The van der Waals surface area contributed by atoms with Gasteiger partial charge in [-0.1, -0.05) is 24.3 Å². The van der Waals surface area contributed by atoms with Crippen molar-refractivity contribution in [1.82, 2.24) is 10.6 Å². The van der Waals surface area contributed by atoms with Crippen LogP contribution in [0.15, 0.2) is 24.3 Å². The number of carbonyl (C=O) groups excluding carboxylic acids is 1. The number of rotatable bonds is 3. The minimum Gasteiger partial charge on any atom is -0.381 e. The van der Waals surface area contributed by atoms with Crippen LogP contribution in [0.1, 0.15) is 24.0 Å². The van der Waals surface area contributed by atoms with Crippen molar-refractivity contribution < 1.29 is 9.53 Å². The molecule has 0 radical (unpaired) electrons. The van der Waals surface area contributed by atoms with Gasteiger partial charge in [0, 0.05) is 26.3 Å². The molecule has 0 aliphatic carbocycles. The number of hydrogen-bond acceptors (Lipinski definition) is 3. The van der Waals surface area contributed by atoms with E-state index in [1.807, 2.05) is 12.1 Å². The summed E-state index contributed by atoms with van der Waals surface area (Å²) in [6, 6.07) is 8.24. The molecule has 20 heavy (non-hydrogen) atoms. The molecule has 0 aromatic heterocycles. The average molecular weight is 274 g/mol. The zero-order chi connectivity index (χ0) is 13.8. The van der Waals surface area contributed by atoms with E-state index >= 15 is 0 Å². The maximum Gasteiger partial charge on any atom is 0.237 e. The number of ether oxygens (including phenoxy) is 1. The molecule has 0 unspecified atom stereocenters. The molecule has 2 heterocycles. The Balaban J connectivity index is 1.51. The third kappa shape index (κ3) is 3.19. The van der Waals surface area contributed by atoms with Gasteiger partial charge in [0.05, 0.1) is 6.04 Å². The highest BCUT2D eigenvalue weighted by Gasteiger charge is 2.24. The molecule has 1 aromatic carbocycles. The third-order valence-corrected chi connectivity index (χ3v) is 4.30. The first kappa shape index (κ1) is 13.6. The number of benzene rings is 1. The number of nitrogens with one attached hydrogen (secondary N) is 2. The van der Waals surface area contributed by atoms with Gasteiger partial charge in [0.15, 0.2) is 0 Å². The topological polar surface area (TPSA) is 50.4 Å². The second kappa shape index (κ2) is 6.37. The molecule has 1 saturated heterocycles. The van der Waals surface area contributed by atoms with Crippen molar-refractivity contribution >= 4 is 5.91 Å². The standard InChI is InChI=1S/C16H22N2O2/c19-16(18-10-12-5-7-20-8-6-12)15-9-13-3-1-2-4-14(13)11-17-15/h1-4,12,15,17H,5-11H2,(H,18,19)/t15-/m0/s1. The van der Waals surface area contributed by atoms with Crippen LogP contribution in [0.5, 0.6) is 0 Å². The highest BCUT2D eigenvalue weighted by atomic mass is 16.5. The van der Waals surface area contributed by atoms with Crippen LogP contribution in [0.3, 0.4) is 0 Å². The lowest BCUT2D eigenvalue weighted by atomic mass is 9.95. The Morgan fingerprint density at radius 3 is 2.80 bits per heavy atom. The predicted octanol–water partition coefficient (Wildman–Crippen LogP) is 1.24. The molecule has 0 spiro atoms. The molecule has 108 valence electrons. The van der Waals surface area contributed by atoms with Crippen molar-refractivity contribution in [2.45, 2.75) is 31.8 Å². The molecule has 0 bridgehead atoms. The fourth-order valence-corrected chi connectivity index (χ4v) is 2.96. The van der Waals surface area contributed by atoms with E-state index < -0.39 is 0 Å². The van der Waals surface area contributed by atoms with Gasteiger partial charge >= 0.3 is 0 Å². The minimum absolute atomic E-state index is 0.0928. The average Bonchev–Trinajstić information content (AvgIpc) is 2.53. The largest absolute Gasteiger partial charge is 0.381 e. The van der Waals surface area contributed by atoms with E-state index in [9.17, 15) is 4.79 Å². The SMILES string of the molecule is O=C(NCC1CCOCC1)[C@@H]1Cc2ccccc2CN1. The summed E-state index contributed by atoms with van der Waals surface area (Å²) in [6.07, 6.45) is 2.90. The van der Waals surface area contributed by atoms with Crippen molar-refractivity contribution in [3.8, 4) is 0 Å². The smallest absolute Gasteiger partial charge is 0.237 e. The van der Waals surface area contributed by atoms with Crippen LogP contribution >= 0.6 is 0 Å². The van der Waals surface area contributed by atoms with Gasteiger partial charge in [0.1, 0.15) is 0 Å². The molecule has 1 atom stereocenters. The van der Waals surface area contributed by atoms with Gasteiger partial charge in [0.2, 0.25) is 5.91 Å². The summed E-state index contributed by atoms with van der Waals surface area (Å²) >= 11 is 0. The van der Waals surface area contributed by atoms with Gasteiger partial charge in [-0.2, -0.15) is 0 Å². The molecule has 2 aliphatic heterocycles. The third-order valence-electron chi connectivity index (χ3n) is 4.30. The van der Waals surface area contributed by atoms with E-state index in [1.54, 1.807) is 0 Å². The molecule has 1 fully saturated rings. The number of carbonyl (C=O) groups is 1. The number of hydrogen-bond donors (Lipinski definition) is 2. The normalized spacial score (nSPS) is 23.1. The van der Waals surface area contributed by atoms with E-state index in [4.69, 9.17) is 4.74 Å². The van der Waals surface area contributed by atoms with E-state index in [0.29, 0.717) is 5.92 Å². The van der Waals surface area contributed by atoms with Crippen LogP contribution in [-0.4, -0.2) is 31.7 Å². The molecule has 1 amide bonds. The summed E-state index contributed by atoms with van der Waals surface area (Å²) in [5.41, 5.74) is 2.60. The van der Waals surface area contributed by atoms with Crippen molar-refractivity contribution in [3.63, 3.8) is 0 Å².